The van der Waals surface area contributed by atoms with E-state index in [1.54, 1.807) is 19.2 Å². The van der Waals surface area contributed by atoms with Gasteiger partial charge in [0.1, 0.15) is 5.75 Å². The van der Waals surface area contributed by atoms with Gasteiger partial charge in [-0.3, -0.25) is 9.59 Å². The number of nitriles is 1. The molecule has 0 N–H and O–H groups in total. The molecule has 4 saturated carbocycles. The van der Waals surface area contributed by atoms with E-state index in [1.165, 1.54) is 24.2 Å². The van der Waals surface area contributed by atoms with E-state index in [0.717, 1.165) is 19.3 Å². The Kier molecular flexibility index (Phi) is 5.49. The van der Waals surface area contributed by atoms with Gasteiger partial charge in [-0.1, -0.05) is 12.1 Å². The smallest absolute Gasteiger partial charge is 0.312 e. The SMILES string of the molecule is COc1ccccc1N(CCC#N)C(=O)COC(=O)C12CC3CC(CC(C3)C1)C2. The topological polar surface area (TPSA) is 79.6 Å². The predicted molar refractivity (Wildman–Crippen MR) is 107 cm³/mol. The van der Waals surface area contributed by atoms with E-state index in [2.05, 4.69) is 6.07 Å². The molecular formula is C23H28N2O4. The van der Waals surface area contributed by atoms with Crippen molar-refractivity contribution in [3.63, 3.8) is 0 Å². The van der Waals surface area contributed by atoms with E-state index in [1.807, 2.05) is 12.1 Å². The lowest BCUT2D eigenvalue weighted by atomic mass is 9.49. The molecule has 154 valence electrons. The normalized spacial score (nSPS) is 29.2. The molecule has 4 aliphatic carbocycles. The summed E-state index contributed by atoms with van der Waals surface area (Å²) < 4.78 is 11.0. The number of nitrogens with zero attached hydrogens (tertiary/aromatic N) is 2. The van der Waals surface area contributed by atoms with Crippen LogP contribution in [0, 0.1) is 34.5 Å². The molecule has 4 bridgehead atoms. The Morgan fingerprint density at radius 1 is 1.14 bits per heavy atom. The van der Waals surface area contributed by atoms with Gasteiger partial charge in [0.05, 0.1) is 30.7 Å². The summed E-state index contributed by atoms with van der Waals surface area (Å²) >= 11 is 0. The lowest BCUT2D eigenvalue weighted by Crippen LogP contribution is -2.51. The highest BCUT2D eigenvalue weighted by molar-refractivity contribution is 5.96. The van der Waals surface area contributed by atoms with Crippen LogP contribution >= 0.6 is 0 Å². The van der Waals surface area contributed by atoms with Gasteiger partial charge in [0.25, 0.3) is 5.91 Å². The van der Waals surface area contributed by atoms with E-state index < -0.39 is 0 Å². The van der Waals surface area contributed by atoms with E-state index in [0.29, 0.717) is 29.2 Å². The number of anilines is 1. The summed E-state index contributed by atoms with van der Waals surface area (Å²) in [5.74, 6) is 1.94. The van der Waals surface area contributed by atoms with Crippen LogP contribution < -0.4 is 9.64 Å². The lowest BCUT2D eigenvalue weighted by Gasteiger charge is -2.55. The largest absolute Gasteiger partial charge is 0.495 e. The molecule has 6 nitrogen and oxygen atoms in total. The van der Waals surface area contributed by atoms with E-state index in [-0.39, 0.29) is 36.9 Å². The number of para-hydroxylation sites is 2. The Balaban J connectivity index is 1.44. The molecule has 4 aliphatic rings. The van der Waals surface area contributed by atoms with Crippen molar-refractivity contribution in [2.75, 3.05) is 25.2 Å². The number of hydrogen-bond acceptors (Lipinski definition) is 5. The average Bonchev–Trinajstić information content (AvgIpc) is 2.71. The minimum absolute atomic E-state index is 0.187. The van der Waals surface area contributed by atoms with Crippen LogP contribution in [-0.2, 0) is 14.3 Å². The minimum Gasteiger partial charge on any atom is -0.495 e. The summed E-state index contributed by atoms with van der Waals surface area (Å²) in [7, 11) is 1.54. The highest BCUT2D eigenvalue weighted by Gasteiger charge is 2.55. The summed E-state index contributed by atoms with van der Waals surface area (Å²) in [6.45, 7) is -0.0747. The van der Waals surface area contributed by atoms with Gasteiger partial charge < -0.3 is 14.4 Å². The fraction of sp³-hybridized carbons (Fsp3) is 0.609. The van der Waals surface area contributed by atoms with Crippen molar-refractivity contribution in [3.05, 3.63) is 24.3 Å². The van der Waals surface area contributed by atoms with Crippen LogP contribution in [0.15, 0.2) is 24.3 Å². The van der Waals surface area contributed by atoms with Crippen molar-refractivity contribution in [2.45, 2.75) is 44.9 Å². The van der Waals surface area contributed by atoms with Gasteiger partial charge in [-0.15, -0.1) is 0 Å². The van der Waals surface area contributed by atoms with Crippen LogP contribution in [0.3, 0.4) is 0 Å². The highest BCUT2D eigenvalue weighted by Crippen LogP contribution is 2.60. The third-order valence-corrected chi connectivity index (χ3v) is 6.92. The first-order chi connectivity index (χ1) is 14.0. The number of ether oxygens (including phenoxy) is 2. The summed E-state index contributed by atoms with van der Waals surface area (Å²) in [4.78, 5) is 27.4. The molecule has 0 aromatic heterocycles. The number of benzene rings is 1. The second-order valence-corrected chi connectivity index (χ2v) is 8.90. The van der Waals surface area contributed by atoms with Crippen molar-refractivity contribution in [1.29, 1.82) is 5.26 Å². The summed E-state index contributed by atoms with van der Waals surface area (Å²) in [6.07, 6.45) is 6.68. The summed E-state index contributed by atoms with van der Waals surface area (Å²) in [5, 5.41) is 8.98. The Morgan fingerprint density at radius 3 is 2.34 bits per heavy atom. The van der Waals surface area contributed by atoms with Gasteiger partial charge in [0, 0.05) is 6.54 Å². The van der Waals surface area contributed by atoms with Crippen LogP contribution in [0.2, 0.25) is 0 Å². The zero-order chi connectivity index (χ0) is 20.4. The van der Waals surface area contributed by atoms with Crippen LogP contribution in [0.1, 0.15) is 44.9 Å². The minimum atomic E-state index is -0.378. The monoisotopic (exact) mass is 396 g/mol. The molecule has 0 saturated heterocycles. The molecule has 4 fully saturated rings. The van der Waals surface area contributed by atoms with Crippen LogP contribution in [0.25, 0.3) is 0 Å². The van der Waals surface area contributed by atoms with Gasteiger partial charge in [-0.25, -0.2) is 0 Å². The maximum Gasteiger partial charge on any atom is 0.312 e. The molecule has 0 atom stereocenters. The second-order valence-electron chi connectivity index (χ2n) is 8.90. The van der Waals surface area contributed by atoms with E-state index >= 15 is 0 Å². The fourth-order valence-electron chi connectivity index (χ4n) is 6.11. The number of amides is 1. The molecule has 1 amide bonds. The number of hydrogen-bond donors (Lipinski definition) is 0. The first kappa shape index (κ1) is 19.8. The van der Waals surface area contributed by atoms with Crippen molar-refractivity contribution in [1.82, 2.24) is 0 Å². The van der Waals surface area contributed by atoms with Crippen LogP contribution in [0.4, 0.5) is 5.69 Å². The highest BCUT2D eigenvalue weighted by atomic mass is 16.5. The van der Waals surface area contributed by atoms with Gasteiger partial charge in [-0.2, -0.15) is 5.26 Å². The maximum absolute atomic E-state index is 13.0. The average molecular weight is 396 g/mol. The fourth-order valence-corrected chi connectivity index (χ4v) is 6.11. The van der Waals surface area contributed by atoms with Crippen molar-refractivity contribution >= 4 is 17.6 Å². The predicted octanol–water partition coefficient (Wildman–Crippen LogP) is 3.70. The lowest BCUT2D eigenvalue weighted by molar-refractivity contribution is -0.172. The second kappa shape index (κ2) is 8.06. The molecule has 5 rings (SSSR count). The number of methoxy groups -OCH3 is 1. The van der Waals surface area contributed by atoms with E-state index in [4.69, 9.17) is 14.7 Å². The molecule has 1 aromatic carbocycles. The molecular weight excluding hydrogens is 368 g/mol. The van der Waals surface area contributed by atoms with Gasteiger partial charge in [0.15, 0.2) is 6.61 Å². The third-order valence-electron chi connectivity index (χ3n) is 6.92. The van der Waals surface area contributed by atoms with Crippen LogP contribution in [0.5, 0.6) is 5.75 Å². The maximum atomic E-state index is 13.0. The Bertz CT molecular complexity index is 793. The number of esters is 1. The first-order valence-corrected chi connectivity index (χ1v) is 10.5. The van der Waals surface area contributed by atoms with Gasteiger partial charge in [-0.05, 0) is 68.4 Å². The molecule has 0 unspecified atom stereocenters. The summed E-state index contributed by atoms with van der Waals surface area (Å²) in [5.41, 5.74) is 0.206. The zero-order valence-electron chi connectivity index (χ0n) is 16.9. The molecule has 1 aromatic rings. The van der Waals surface area contributed by atoms with Gasteiger partial charge in [0.2, 0.25) is 0 Å². The summed E-state index contributed by atoms with van der Waals surface area (Å²) in [6, 6.07) is 9.25. The standard InChI is InChI=1S/C23H28N2O4/c1-28-20-6-3-2-5-19(20)25(8-4-7-24)21(26)15-29-22(27)23-12-16-9-17(13-23)11-18(10-16)14-23/h2-3,5-6,16-18H,4,8-15H2,1H3. The quantitative estimate of drug-likeness (QED) is 0.657. The Hall–Kier alpha value is -2.55. The van der Waals surface area contributed by atoms with Crippen LogP contribution in [-0.4, -0.2) is 32.1 Å². The molecule has 0 heterocycles. The molecule has 29 heavy (non-hydrogen) atoms. The van der Waals surface area contributed by atoms with E-state index in [9.17, 15) is 9.59 Å². The van der Waals surface area contributed by atoms with Crippen molar-refractivity contribution in [3.8, 4) is 11.8 Å². The number of carbonyl (C=O) groups is 2. The molecule has 6 heteroatoms. The Morgan fingerprint density at radius 2 is 1.76 bits per heavy atom. The van der Waals surface area contributed by atoms with Crippen molar-refractivity contribution in [2.24, 2.45) is 23.2 Å². The molecule has 0 radical (unpaired) electrons. The number of rotatable bonds is 7. The van der Waals surface area contributed by atoms with Crippen molar-refractivity contribution < 1.29 is 19.1 Å². The third kappa shape index (κ3) is 3.83. The molecule has 0 spiro atoms. The van der Waals surface area contributed by atoms with Gasteiger partial charge >= 0.3 is 5.97 Å². The first-order valence-electron chi connectivity index (χ1n) is 10.5. The molecule has 0 aliphatic heterocycles. The number of carbonyl (C=O) groups excluding carboxylic acids is 2. The Labute approximate surface area is 171 Å². The zero-order valence-corrected chi connectivity index (χ0v) is 16.9.